The summed E-state index contributed by atoms with van der Waals surface area (Å²) in [6, 6.07) is 0. The predicted octanol–water partition coefficient (Wildman–Crippen LogP) is 1.18. The molecule has 0 saturated heterocycles. The zero-order valence-electron chi connectivity index (χ0n) is 7.25. The van der Waals surface area contributed by atoms with Crippen molar-refractivity contribution in [2.75, 3.05) is 0 Å². The van der Waals surface area contributed by atoms with Crippen molar-refractivity contribution < 1.29 is 14.4 Å². The summed E-state index contributed by atoms with van der Waals surface area (Å²) in [5, 5.41) is 12.4. The molecule has 0 aliphatic heterocycles. The second-order valence-electron chi connectivity index (χ2n) is 3.31. The molecule has 1 aromatic rings. The van der Waals surface area contributed by atoms with E-state index in [0.29, 0.717) is 5.69 Å². The minimum Gasteiger partial charge on any atom is -0.481 e. The van der Waals surface area contributed by atoms with Crippen molar-refractivity contribution in [2.24, 2.45) is 0 Å². The van der Waals surface area contributed by atoms with Gasteiger partial charge in [0.25, 0.3) is 0 Å². The van der Waals surface area contributed by atoms with E-state index in [2.05, 4.69) is 5.16 Å². The van der Waals surface area contributed by atoms with Gasteiger partial charge < -0.3 is 9.63 Å². The zero-order valence-corrected chi connectivity index (χ0v) is 7.25. The Hall–Kier alpha value is -1.32. The Kier molecular flexibility index (Phi) is 2.04. The van der Waals surface area contributed by atoms with E-state index in [1.807, 2.05) is 0 Å². The van der Waals surface area contributed by atoms with Crippen molar-refractivity contribution in [3.8, 4) is 0 Å². The molecule has 0 radical (unpaired) electrons. The maximum Gasteiger partial charge on any atom is 0.309 e. The minimum absolute atomic E-state index is 0.0150. The lowest BCUT2D eigenvalue weighted by molar-refractivity contribution is -0.136. The van der Waals surface area contributed by atoms with Crippen molar-refractivity contribution in [1.82, 2.24) is 5.16 Å². The number of carboxylic acids is 1. The topological polar surface area (TPSA) is 63.3 Å². The first-order valence-electron chi connectivity index (χ1n) is 4.45. The van der Waals surface area contributed by atoms with Gasteiger partial charge in [-0.1, -0.05) is 5.16 Å². The second kappa shape index (κ2) is 3.20. The first kappa shape index (κ1) is 8.29. The number of carboxylic acid groups (broad SMARTS) is 1. The largest absolute Gasteiger partial charge is 0.481 e. The van der Waals surface area contributed by atoms with E-state index in [4.69, 9.17) is 9.63 Å². The number of hydrogen-bond acceptors (Lipinski definition) is 3. The molecule has 1 aliphatic carbocycles. The maximum absolute atomic E-state index is 10.5. The van der Waals surface area contributed by atoms with Crippen LogP contribution in [-0.4, -0.2) is 16.2 Å². The van der Waals surface area contributed by atoms with Gasteiger partial charge in [-0.2, -0.15) is 0 Å². The van der Waals surface area contributed by atoms with Crippen LogP contribution >= 0.6 is 0 Å². The smallest absolute Gasteiger partial charge is 0.309 e. The molecule has 13 heavy (non-hydrogen) atoms. The average Bonchev–Trinajstić information content (AvgIpc) is 2.48. The lowest BCUT2D eigenvalue weighted by Crippen LogP contribution is -2.06. The lowest BCUT2D eigenvalue weighted by Gasteiger charge is -2.07. The molecule has 0 saturated carbocycles. The van der Waals surface area contributed by atoms with E-state index in [1.54, 1.807) is 0 Å². The molecule has 0 unspecified atom stereocenters. The van der Waals surface area contributed by atoms with Crippen LogP contribution < -0.4 is 0 Å². The molecule has 70 valence electrons. The number of aryl methyl sites for hydroxylation is 1. The summed E-state index contributed by atoms with van der Waals surface area (Å²) in [4.78, 5) is 10.5. The molecule has 0 aromatic carbocycles. The normalized spacial score (nSPS) is 15.4. The van der Waals surface area contributed by atoms with Crippen LogP contribution in [0.1, 0.15) is 29.9 Å². The number of aliphatic carboxylic acids is 1. The van der Waals surface area contributed by atoms with Gasteiger partial charge in [-0.25, -0.2) is 0 Å². The number of hydrogen-bond donors (Lipinski definition) is 1. The highest BCUT2D eigenvalue weighted by Crippen LogP contribution is 2.24. The third kappa shape index (κ3) is 1.56. The Morgan fingerprint density at radius 2 is 2.23 bits per heavy atom. The van der Waals surface area contributed by atoms with Gasteiger partial charge in [0.15, 0.2) is 0 Å². The SMILES string of the molecule is O=C(O)Cc1noc2c1CCCC2. The van der Waals surface area contributed by atoms with Gasteiger partial charge in [0.05, 0.1) is 12.1 Å². The summed E-state index contributed by atoms with van der Waals surface area (Å²) in [6.07, 6.45) is 4.04. The summed E-state index contributed by atoms with van der Waals surface area (Å²) >= 11 is 0. The Morgan fingerprint density at radius 3 is 3.00 bits per heavy atom. The summed E-state index contributed by atoms with van der Waals surface area (Å²) in [7, 11) is 0. The molecule has 0 spiro atoms. The quantitative estimate of drug-likeness (QED) is 0.744. The fraction of sp³-hybridized carbons (Fsp3) is 0.556. The van der Waals surface area contributed by atoms with Crippen molar-refractivity contribution in [3.05, 3.63) is 17.0 Å². The molecule has 1 heterocycles. The number of fused-ring (bicyclic) bond motifs is 1. The highest BCUT2D eigenvalue weighted by molar-refractivity contribution is 5.70. The van der Waals surface area contributed by atoms with Crippen molar-refractivity contribution >= 4 is 5.97 Å². The molecule has 2 rings (SSSR count). The molecule has 4 nitrogen and oxygen atoms in total. The Labute approximate surface area is 75.5 Å². The zero-order chi connectivity index (χ0) is 9.26. The molecule has 1 aliphatic rings. The highest BCUT2D eigenvalue weighted by atomic mass is 16.5. The van der Waals surface area contributed by atoms with Crippen LogP contribution in [-0.2, 0) is 24.1 Å². The molecule has 4 heteroatoms. The van der Waals surface area contributed by atoms with E-state index in [0.717, 1.165) is 37.0 Å². The Morgan fingerprint density at radius 1 is 1.46 bits per heavy atom. The number of carbonyl (C=O) groups is 1. The summed E-state index contributed by atoms with van der Waals surface area (Å²) in [5.74, 6) is 0.0455. The number of nitrogens with zero attached hydrogens (tertiary/aromatic N) is 1. The Balaban J connectivity index is 2.26. The highest BCUT2D eigenvalue weighted by Gasteiger charge is 2.20. The summed E-state index contributed by atoms with van der Waals surface area (Å²) in [6.45, 7) is 0. The molecule has 1 N–H and O–H groups in total. The molecular formula is C9H11NO3. The minimum atomic E-state index is -0.846. The summed E-state index contributed by atoms with van der Waals surface area (Å²) < 4.78 is 5.07. The van der Waals surface area contributed by atoms with Crippen LogP contribution in [0.3, 0.4) is 0 Å². The van der Waals surface area contributed by atoms with Gasteiger partial charge >= 0.3 is 5.97 Å². The number of rotatable bonds is 2. The number of aromatic nitrogens is 1. The van der Waals surface area contributed by atoms with Gasteiger partial charge in [-0.3, -0.25) is 4.79 Å². The molecule has 1 aromatic heterocycles. The maximum atomic E-state index is 10.5. The van der Waals surface area contributed by atoms with E-state index >= 15 is 0 Å². The van der Waals surface area contributed by atoms with Crippen LogP contribution in [0.15, 0.2) is 4.52 Å². The van der Waals surface area contributed by atoms with Gasteiger partial charge in [0.2, 0.25) is 0 Å². The second-order valence-corrected chi connectivity index (χ2v) is 3.31. The van der Waals surface area contributed by atoms with Gasteiger partial charge in [0.1, 0.15) is 5.76 Å². The Bertz CT molecular complexity index is 330. The van der Waals surface area contributed by atoms with Crippen molar-refractivity contribution in [1.29, 1.82) is 0 Å². The molecule has 0 atom stereocenters. The van der Waals surface area contributed by atoms with E-state index < -0.39 is 5.97 Å². The van der Waals surface area contributed by atoms with Crippen molar-refractivity contribution in [2.45, 2.75) is 32.1 Å². The van der Waals surface area contributed by atoms with E-state index in [9.17, 15) is 4.79 Å². The van der Waals surface area contributed by atoms with Crippen LogP contribution in [0.4, 0.5) is 0 Å². The van der Waals surface area contributed by atoms with E-state index in [-0.39, 0.29) is 6.42 Å². The first-order chi connectivity index (χ1) is 6.27. The molecule has 0 amide bonds. The fourth-order valence-electron chi connectivity index (χ4n) is 1.73. The van der Waals surface area contributed by atoms with Crippen LogP contribution in [0.25, 0.3) is 0 Å². The van der Waals surface area contributed by atoms with E-state index in [1.165, 1.54) is 0 Å². The van der Waals surface area contributed by atoms with Gasteiger partial charge in [-0.15, -0.1) is 0 Å². The summed E-state index contributed by atoms with van der Waals surface area (Å²) in [5.41, 5.74) is 1.65. The first-order valence-corrected chi connectivity index (χ1v) is 4.45. The van der Waals surface area contributed by atoms with Crippen molar-refractivity contribution in [3.63, 3.8) is 0 Å². The van der Waals surface area contributed by atoms with Gasteiger partial charge in [0, 0.05) is 12.0 Å². The van der Waals surface area contributed by atoms with Gasteiger partial charge in [-0.05, 0) is 19.3 Å². The third-order valence-electron chi connectivity index (χ3n) is 2.35. The fourth-order valence-corrected chi connectivity index (χ4v) is 1.73. The van der Waals surface area contributed by atoms with Crippen LogP contribution in [0, 0.1) is 0 Å². The van der Waals surface area contributed by atoms with Crippen LogP contribution in [0.5, 0.6) is 0 Å². The molecule has 0 fully saturated rings. The third-order valence-corrected chi connectivity index (χ3v) is 2.35. The predicted molar refractivity (Wildman–Crippen MR) is 44.5 cm³/mol. The monoisotopic (exact) mass is 181 g/mol. The lowest BCUT2D eigenvalue weighted by atomic mass is 9.96. The molecular weight excluding hydrogens is 170 g/mol. The molecule has 0 bridgehead atoms. The standard InChI is InChI=1S/C9H11NO3/c11-9(12)5-7-6-3-1-2-4-8(6)13-10-7/h1-5H2,(H,11,12). The van der Waals surface area contributed by atoms with Crippen LogP contribution in [0.2, 0.25) is 0 Å². The average molecular weight is 181 g/mol.